The van der Waals surface area contributed by atoms with Crippen molar-refractivity contribution in [2.45, 2.75) is 19.4 Å². The van der Waals surface area contributed by atoms with Crippen LogP contribution in [0.3, 0.4) is 0 Å². The van der Waals surface area contributed by atoms with Gasteiger partial charge < -0.3 is 9.84 Å². The summed E-state index contributed by atoms with van der Waals surface area (Å²) in [6, 6.07) is 0. The van der Waals surface area contributed by atoms with Crippen molar-refractivity contribution in [1.82, 2.24) is 0 Å². The van der Waals surface area contributed by atoms with Crippen LogP contribution < -0.4 is 0 Å². The van der Waals surface area contributed by atoms with Crippen LogP contribution in [0, 0.1) is 0 Å². The number of carbonyl (C=O) groups is 1. The minimum absolute atomic E-state index is 0.499. The van der Waals surface area contributed by atoms with Crippen molar-refractivity contribution in [3.05, 3.63) is 0 Å². The Balaban J connectivity index is 3.21. The first kappa shape index (κ1) is 9.91. The standard InChI is InChI=1S/C6H11BrO3/c1-5(6(8)9)10-4-2-3-7/h5H,2-4H2,1H3,(H,8,9). The van der Waals surface area contributed by atoms with Crippen molar-refractivity contribution in [3.8, 4) is 0 Å². The number of carboxylic acid groups (broad SMARTS) is 1. The van der Waals surface area contributed by atoms with Gasteiger partial charge in [0.15, 0.2) is 6.10 Å². The van der Waals surface area contributed by atoms with E-state index in [0.29, 0.717) is 6.61 Å². The van der Waals surface area contributed by atoms with Crippen LogP contribution in [0.2, 0.25) is 0 Å². The van der Waals surface area contributed by atoms with E-state index in [-0.39, 0.29) is 0 Å². The van der Waals surface area contributed by atoms with Crippen molar-refractivity contribution >= 4 is 21.9 Å². The molecule has 0 bridgehead atoms. The lowest BCUT2D eigenvalue weighted by Crippen LogP contribution is -2.20. The minimum Gasteiger partial charge on any atom is -0.479 e. The number of hydrogen-bond acceptors (Lipinski definition) is 2. The molecule has 4 heteroatoms. The molecule has 0 aromatic rings. The maximum Gasteiger partial charge on any atom is 0.332 e. The molecule has 0 aromatic heterocycles. The van der Waals surface area contributed by atoms with Crippen molar-refractivity contribution < 1.29 is 14.6 Å². The molecule has 0 heterocycles. The maximum absolute atomic E-state index is 10.2. The highest BCUT2D eigenvalue weighted by Gasteiger charge is 2.09. The van der Waals surface area contributed by atoms with Gasteiger partial charge in [0.1, 0.15) is 0 Å². The molecule has 3 nitrogen and oxygen atoms in total. The lowest BCUT2D eigenvalue weighted by molar-refractivity contribution is -0.149. The second kappa shape index (κ2) is 5.68. The molecule has 0 amide bonds. The second-order valence-electron chi connectivity index (χ2n) is 1.89. The molecular formula is C6H11BrO3. The van der Waals surface area contributed by atoms with Crippen LogP contribution in [0.15, 0.2) is 0 Å². The van der Waals surface area contributed by atoms with E-state index in [1.165, 1.54) is 6.92 Å². The Kier molecular flexibility index (Phi) is 5.63. The first-order valence-electron chi connectivity index (χ1n) is 3.09. The van der Waals surface area contributed by atoms with E-state index < -0.39 is 12.1 Å². The fraction of sp³-hybridized carbons (Fsp3) is 0.833. The van der Waals surface area contributed by atoms with E-state index in [0.717, 1.165) is 11.8 Å². The van der Waals surface area contributed by atoms with Crippen molar-refractivity contribution in [1.29, 1.82) is 0 Å². The molecule has 1 unspecified atom stereocenters. The highest BCUT2D eigenvalue weighted by atomic mass is 79.9. The minimum atomic E-state index is -0.908. The van der Waals surface area contributed by atoms with Gasteiger partial charge in [0.2, 0.25) is 0 Å². The monoisotopic (exact) mass is 210 g/mol. The van der Waals surface area contributed by atoms with E-state index in [2.05, 4.69) is 15.9 Å². The lowest BCUT2D eigenvalue weighted by Gasteiger charge is -2.05. The summed E-state index contributed by atoms with van der Waals surface area (Å²) in [4.78, 5) is 10.2. The Hall–Kier alpha value is -0.0900. The molecule has 10 heavy (non-hydrogen) atoms. The van der Waals surface area contributed by atoms with Crippen LogP contribution in [-0.2, 0) is 9.53 Å². The van der Waals surface area contributed by atoms with Crippen molar-refractivity contribution in [3.63, 3.8) is 0 Å². The van der Waals surface area contributed by atoms with Gasteiger partial charge in [-0.05, 0) is 13.3 Å². The van der Waals surface area contributed by atoms with Crippen LogP contribution in [0.25, 0.3) is 0 Å². The van der Waals surface area contributed by atoms with E-state index >= 15 is 0 Å². The number of ether oxygens (including phenoxy) is 1. The normalized spacial score (nSPS) is 13.0. The third-order valence-electron chi connectivity index (χ3n) is 0.994. The molecule has 0 rings (SSSR count). The molecule has 0 spiro atoms. The molecule has 0 saturated heterocycles. The van der Waals surface area contributed by atoms with Gasteiger partial charge >= 0.3 is 5.97 Å². The van der Waals surface area contributed by atoms with Crippen molar-refractivity contribution in [2.75, 3.05) is 11.9 Å². The molecule has 0 radical (unpaired) electrons. The zero-order valence-corrected chi connectivity index (χ0v) is 7.43. The Morgan fingerprint density at radius 1 is 1.80 bits per heavy atom. The summed E-state index contributed by atoms with van der Waals surface area (Å²) < 4.78 is 4.91. The zero-order valence-electron chi connectivity index (χ0n) is 5.84. The molecule has 0 saturated carbocycles. The molecule has 1 N–H and O–H groups in total. The fourth-order valence-corrected chi connectivity index (χ4v) is 0.615. The van der Waals surface area contributed by atoms with E-state index in [1.807, 2.05) is 0 Å². The number of halogens is 1. The van der Waals surface area contributed by atoms with E-state index in [4.69, 9.17) is 9.84 Å². The molecule has 0 aliphatic rings. The Labute approximate surface area is 68.5 Å². The highest BCUT2D eigenvalue weighted by Crippen LogP contribution is 1.94. The Morgan fingerprint density at radius 3 is 2.80 bits per heavy atom. The predicted octanol–water partition coefficient (Wildman–Crippen LogP) is 1.26. The van der Waals surface area contributed by atoms with E-state index in [1.54, 1.807) is 0 Å². The first-order chi connectivity index (χ1) is 4.68. The quantitative estimate of drug-likeness (QED) is 0.550. The average Bonchev–Trinajstić information content (AvgIpc) is 1.88. The summed E-state index contributed by atoms with van der Waals surface area (Å²) in [6.07, 6.45) is 0.163. The summed E-state index contributed by atoms with van der Waals surface area (Å²) in [5, 5.41) is 9.19. The predicted molar refractivity (Wildman–Crippen MR) is 41.5 cm³/mol. The van der Waals surface area contributed by atoms with Crippen LogP contribution in [0.4, 0.5) is 0 Å². The summed E-state index contributed by atoms with van der Waals surface area (Å²) >= 11 is 3.21. The topological polar surface area (TPSA) is 46.5 Å². The summed E-state index contributed by atoms with van der Waals surface area (Å²) in [5.41, 5.74) is 0. The Bertz CT molecular complexity index is 105. The summed E-state index contributed by atoms with van der Waals surface area (Å²) in [6.45, 7) is 2.02. The van der Waals surface area contributed by atoms with Gasteiger partial charge in [0.25, 0.3) is 0 Å². The number of hydrogen-bond donors (Lipinski definition) is 1. The van der Waals surface area contributed by atoms with Gasteiger partial charge in [-0.3, -0.25) is 0 Å². The van der Waals surface area contributed by atoms with Crippen LogP contribution >= 0.6 is 15.9 Å². The highest BCUT2D eigenvalue weighted by molar-refractivity contribution is 9.09. The van der Waals surface area contributed by atoms with Crippen molar-refractivity contribution in [2.24, 2.45) is 0 Å². The Morgan fingerprint density at radius 2 is 2.40 bits per heavy atom. The van der Waals surface area contributed by atoms with Crippen LogP contribution in [0.5, 0.6) is 0 Å². The maximum atomic E-state index is 10.2. The van der Waals surface area contributed by atoms with Gasteiger partial charge in [-0.2, -0.15) is 0 Å². The fourth-order valence-electron chi connectivity index (χ4n) is 0.386. The molecule has 0 aromatic carbocycles. The SMILES string of the molecule is CC(OCCCBr)C(=O)O. The van der Waals surface area contributed by atoms with Gasteiger partial charge in [0, 0.05) is 11.9 Å². The third kappa shape index (κ3) is 4.76. The van der Waals surface area contributed by atoms with Gasteiger partial charge in [-0.25, -0.2) is 4.79 Å². The first-order valence-corrected chi connectivity index (χ1v) is 4.21. The van der Waals surface area contributed by atoms with Gasteiger partial charge in [-0.1, -0.05) is 15.9 Å². The van der Waals surface area contributed by atoms with Gasteiger partial charge in [0.05, 0.1) is 0 Å². The molecule has 0 aliphatic heterocycles. The van der Waals surface area contributed by atoms with Gasteiger partial charge in [-0.15, -0.1) is 0 Å². The average molecular weight is 211 g/mol. The molecule has 60 valence electrons. The number of aliphatic carboxylic acids is 1. The van der Waals surface area contributed by atoms with Crippen LogP contribution in [0.1, 0.15) is 13.3 Å². The second-order valence-corrected chi connectivity index (χ2v) is 2.69. The number of alkyl halides is 1. The molecule has 0 fully saturated rings. The zero-order chi connectivity index (χ0) is 7.98. The number of carboxylic acids is 1. The van der Waals surface area contributed by atoms with E-state index in [9.17, 15) is 4.79 Å². The molecule has 0 aliphatic carbocycles. The summed E-state index contributed by atoms with van der Waals surface area (Å²) in [5.74, 6) is -0.908. The smallest absolute Gasteiger partial charge is 0.332 e. The largest absolute Gasteiger partial charge is 0.479 e. The number of rotatable bonds is 5. The summed E-state index contributed by atoms with van der Waals surface area (Å²) in [7, 11) is 0. The lowest BCUT2D eigenvalue weighted by atomic mass is 10.4. The molecular weight excluding hydrogens is 200 g/mol. The third-order valence-corrected chi connectivity index (χ3v) is 1.55. The van der Waals surface area contributed by atoms with Crippen LogP contribution in [-0.4, -0.2) is 29.1 Å². The molecule has 1 atom stereocenters.